The number of hydrogen-bond donors (Lipinski definition) is 1. The molecule has 0 aliphatic carbocycles. The molecule has 6 nitrogen and oxygen atoms in total. The summed E-state index contributed by atoms with van der Waals surface area (Å²) in [6.07, 6.45) is 0.829. The number of rotatable bonds is 11. The molecule has 0 aromatic heterocycles. The maximum atomic E-state index is 13.1. The number of ether oxygens (including phenoxy) is 2. The highest BCUT2D eigenvalue weighted by Gasteiger charge is 2.25. The lowest BCUT2D eigenvalue weighted by Gasteiger charge is -2.28. The molecule has 1 atom stereocenters. The van der Waals surface area contributed by atoms with E-state index in [0.29, 0.717) is 37.7 Å². The van der Waals surface area contributed by atoms with Crippen molar-refractivity contribution in [2.24, 2.45) is 0 Å². The van der Waals surface area contributed by atoms with Crippen LogP contribution >= 0.6 is 15.9 Å². The minimum absolute atomic E-state index is 0.0806. The van der Waals surface area contributed by atoms with E-state index in [4.69, 9.17) is 9.47 Å². The van der Waals surface area contributed by atoms with Crippen LogP contribution in [0.15, 0.2) is 46.9 Å². The molecular weight excluding hydrogens is 460 g/mol. The van der Waals surface area contributed by atoms with Crippen LogP contribution in [0.2, 0.25) is 0 Å². The standard InChI is InChI=1S/C24H31BrN2O4/c1-5-30-21-12-10-18(15-22(21)31-6-2)11-13-23(28)27(17(3)24(29)26-4)16-19-8-7-9-20(25)14-19/h7-10,12,14-15,17H,5-6,11,13,16H2,1-4H3,(H,26,29)/t17-/m1/s1. The molecular formula is C24H31BrN2O4. The normalized spacial score (nSPS) is 11.5. The van der Waals surface area contributed by atoms with Gasteiger partial charge in [-0.05, 0) is 62.6 Å². The van der Waals surface area contributed by atoms with Gasteiger partial charge in [0.05, 0.1) is 13.2 Å². The van der Waals surface area contributed by atoms with Crippen molar-refractivity contribution in [3.05, 3.63) is 58.1 Å². The molecule has 0 aliphatic rings. The van der Waals surface area contributed by atoms with Crippen molar-refractivity contribution in [1.82, 2.24) is 10.2 Å². The van der Waals surface area contributed by atoms with E-state index in [1.54, 1.807) is 18.9 Å². The third-order valence-corrected chi connectivity index (χ3v) is 5.38. The van der Waals surface area contributed by atoms with Gasteiger partial charge in [0.2, 0.25) is 11.8 Å². The Balaban J connectivity index is 2.15. The predicted octanol–water partition coefficient (Wildman–Crippen LogP) is 4.34. The molecule has 168 valence electrons. The van der Waals surface area contributed by atoms with E-state index in [1.165, 1.54) is 0 Å². The van der Waals surface area contributed by atoms with E-state index in [0.717, 1.165) is 15.6 Å². The summed E-state index contributed by atoms with van der Waals surface area (Å²) in [5.74, 6) is 1.11. The van der Waals surface area contributed by atoms with E-state index in [9.17, 15) is 9.59 Å². The van der Waals surface area contributed by atoms with Gasteiger partial charge in [0.15, 0.2) is 11.5 Å². The fourth-order valence-corrected chi connectivity index (χ4v) is 3.72. The molecule has 0 unspecified atom stereocenters. The van der Waals surface area contributed by atoms with Crippen LogP contribution in [0.1, 0.15) is 38.3 Å². The van der Waals surface area contributed by atoms with Crippen molar-refractivity contribution in [2.45, 2.75) is 46.2 Å². The van der Waals surface area contributed by atoms with Crippen molar-refractivity contribution in [1.29, 1.82) is 0 Å². The van der Waals surface area contributed by atoms with Crippen LogP contribution in [0.4, 0.5) is 0 Å². The highest BCUT2D eigenvalue weighted by atomic mass is 79.9. The van der Waals surface area contributed by atoms with E-state index >= 15 is 0 Å². The molecule has 1 N–H and O–H groups in total. The van der Waals surface area contributed by atoms with Gasteiger partial charge in [-0.15, -0.1) is 0 Å². The lowest BCUT2D eigenvalue weighted by atomic mass is 10.1. The molecule has 2 aromatic carbocycles. The first-order valence-electron chi connectivity index (χ1n) is 10.5. The summed E-state index contributed by atoms with van der Waals surface area (Å²) in [4.78, 5) is 27.0. The van der Waals surface area contributed by atoms with Gasteiger partial charge in [-0.1, -0.05) is 34.1 Å². The van der Waals surface area contributed by atoms with Crippen LogP contribution in [0, 0.1) is 0 Å². The van der Waals surface area contributed by atoms with Crippen LogP contribution in [0.5, 0.6) is 11.5 Å². The van der Waals surface area contributed by atoms with Gasteiger partial charge in [-0.3, -0.25) is 9.59 Å². The largest absolute Gasteiger partial charge is 0.490 e. The molecule has 0 aliphatic heterocycles. The molecule has 2 amide bonds. The van der Waals surface area contributed by atoms with Crippen LogP contribution in [0.25, 0.3) is 0 Å². The van der Waals surface area contributed by atoms with Gasteiger partial charge in [0, 0.05) is 24.5 Å². The van der Waals surface area contributed by atoms with E-state index in [-0.39, 0.29) is 18.2 Å². The Bertz CT molecular complexity index is 888. The first kappa shape index (κ1) is 24.7. The van der Waals surface area contributed by atoms with Crippen LogP contribution in [0.3, 0.4) is 0 Å². The van der Waals surface area contributed by atoms with Gasteiger partial charge in [-0.2, -0.15) is 0 Å². The quantitative estimate of drug-likeness (QED) is 0.508. The Morgan fingerprint density at radius 3 is 2.39 bits per heavy atom. The van der Waals surface area contributed by atoms with Gasteiger partial charge in [-0.25, -0.2) is 0 Å². The third-order valence-electron chi connectivity index (χ3n) is 4.89. The summed E-state index contributed by atoms with van der Waals surface area (Å²) >= 11 is 3.46. The average molecular weight is 491 g/mol. The number of aryl methyl sites for hydroxylation is 1. The third kappa shape index (κ3) is 7.28. The molecule has 0 bridgehead atoms. The topological polar surface area (TPSA) is 67.9 Å². The first-order chi connectivity index (χ1) is 14.9. The highest BCUT2D eigenvalue weighted by molar-refractivity contribution is 9.10. The Kier molecular flexibility index (Phi) is 9.85. The zero-order valence-electron chi connectivity index (χ0n) is 18.6. The van der Waals surface area contributed by atoms with Gasteiger partial charge >= 0.3 is 0 Å². The van der Waals surface area contributed by atoms with Gasteiger partial charge in [0.25, 0.3) is 0 Å². The summed E-state index contributed by atoms with van der Waals surface area (Å²) in [6, 6.07) is 12.9. The molecule has 0 spiro atoms. The highest BCUT2D eigenvalue weighted by Crippen LogP contribution is 2.29. The van der Waals surface area contributed by atoms with Crippen molar-refractivity contribution in [2.75, 3.05) is 20.3 Å². The number of amides is 2. The second-order valence-electron chi connectivity index (χ2n) is 7.09. The minimum atomic E-state index is -0.573. The maximum absolute atomic E-state index is 13.1. The Morgan fingerprint density at radius 2 is 1.74 bits per heavy atom. The van der Waals surface area contributed by atoms with Crippen LogP contribution in [-0.2, 0) is 22.6 Å². The molecule has 0 saturated carbocycles. The summed E-state index contributed by atoms with van der Waals surface area (Å²) in [6.45, 7) is 7.05. The van der Waals surface area contributed by atoms with E-state index in [2.05, 4.69) is 21.2 Å². The monoisotopic (exact) mass is 490 g/mol. The number of carbonyl (C=O) groups is 2. The number of hydrogen-bond acceptors (Lipinski definition) is 4. The smallest absolute Gasteiger partial charge is 0.242 e. The number of benzene rings is 2. The fourth-order valence-electron chi connectivity index (χ4n) is 3.27. The lowest BCUT2D eigenvalue weighted by Crippen LogP contribution is -2.46. The second-order valence-corrected chi connectivity index (χ2v) is 8.00. The first-order valence-corrected chi connectivity index (χ1v) is 11.3. The molecule has 0 fully saturated rings. The van der Waals surface area contributed by atoms with Gasteiger partial charge in [0.1, 0.15) is 6.04 Å². The second kappa shape index (κ2) is 12.3. The SMILES string of the molecule is CCOc1ccc(CCC(=O)N(Cc2cccc(Br)c2)[C@H](C)C(=O)NC)cc1OCC. The molecule has 2 aromatic rings. The molecule has 0 heterocycles. The van der Waals surface area contributed by atoms with E-state index < -0.39 is 6.04 Å². The van der Waals surface area contributed by atoms with Crippen LogP contribution < -0.4 is 14.8 Å². The lowest BCUT2D eigenvalue weighted by molar-refractivity contribution is -0.140. The van der Waals surface area contributed by atoms with Crippen molar-refractivity contribution in [3.8, 4) is 11.5 Å². The zero-order valence-corrected chi connectivity index (χ0v) is 20.2. The van der Waals surface area contributed by atoms with Crippen molar-refractivity contribution >= 4 is 27.7 Å². The fraction of sp³-hybridized carbons (Fsp3) is 0.417. The predicted molar refractivity (Wildman–Crippen MR) is 125 cm³/mol. The molecule has 7 heteroatoms. The summed E-state index contributed by atoms with van der Waals surface area (Å²) < 4.78 is 12.2. The summed E-state index contributed by atoms with van der Waals surface area (Å²) in [5, 5.41) is 2.64. The Morgan fingerprint density at radius 1 is 1.03 bits per heavy atom. The average Bonchev–Trinajstić information content (AvgIpc) is 2.76. The number of halogens is 1. The van der Waals surface area contributed by atoms with Crippen molar-refractivity contribution in [3.63, 3.8) is 0 Å². The summed E-state index contributed by atoms with van der Waals surface area (Å²) in [5.41, 5.74) is 1.94. The molecule has 2 rings (SSSR count). The number of carbonyl (C=O) groups excluding carboxylic acids is 2. The van der Waals surface area contributed by atoms with E-state index in [1.807, 2.05) is 56.3 Å². The molecule has 31 heavy (non-hydrogen) atoms. The maximum Gasteiger partial charge on any atom is 0.242 e. The number of likely N-dealkylation sites (N-methyl/N-ethyl adjacent to an activating group) is 1. The minimum Gasteiger partial charge on any atom is -0.490 e. The Hall–Kier alpha value is -2.54. The van der Waals surface area contributed by atoms with Crippen LogP contribution in [-0.4, -0.2) is 43.0 Å². The Labute approximate surface area is 193 Å². The molecule has 0 saturated heterocycles. The summed E-state index contributed by atoms with van der Waals surface area (Å²) in [7, 11) is 1.58. The number of nitrogens with one attached hydrogen (secondary N) is 1. The van der Waals surface area contributed by atoms with Crippen molar-refractivity contribution < 1.29 is 19.1 Å². The molecule has 0 radical (unpaired) electrons. The number of nitrogens with zero attached hydrogens (tertiary/aromatic N) is 1. The van der Waals surface area contributed by atoms with Gasteiger partial charge < -0.3 is 19.7 Å². The zero-order chi connectivity index (χ0) is 22.8.